The van der Waals surface area contributed by atoms with Gasteiger partial charge in [0.15, 0.2) is 6.10 Å². The van der Waals surface area contributed by atoms with Crippen LogP contribution in [0.15, 0.2) is 46.5 Å². The summed E-state index contributed by atoms with van der Waals surface area (Å²) in [7, 11) is 0. The van der Waals surface area contributed by atoms with Crippen molar-refractivity contribution in [3.63, 3.8) is 0 Å². The van der Waals surface area contributed by atoms with Gasteiger partial charge in [-0.2, -0.15) is 5.10 Å². The Kier molecular flexibility index (Phi) is 4.26. The highest BCUT2D eigenvalue weighted by molar-refractivity contribution is 5.85. The van der Waals surface area contributed by atoms with E-state index in [1.165, 1.54) is 15.8 Å². The summed E-state index contributed by atoms with van der Waals surface area (Å²) in [4.78, 5) is 20.0. The molecule has 4 rings (SSSR count). The third kappa shape index (κ3) is 3.29. The second-order valence-electron chi connectivity index (χ2n) is 6.62. The first kappa shape index (κ1) is 15.9. The van der Waals surface area contributed by atoms with Gasteiger partial charge in [-0.25, -0.2) is 4.68 Å². The van der Waals surface area contributed by atoms with Crippen LogP contribution in [0.1, 0.15) is 30.9 Å². The lowest BCUT2D eigenvalue weighted by Crippen LogP contribution is -2.33. The molecule has 6 nitrogen and oxygen atoms in total. The first-order chi connectivity index (χ1) is 12.2. The molecule has 0 radical (unpaired) electrons. The number of fused-ring (bicyclic) bond motifs is 1. The second kappa shape index (κ2) is 6.70. The first-order valence-electron chi connectivity index (χ1n) is 8.83. The van der Waals surface area contributed by atoms with Crippen molar-refractivity contribution in [2.45, 2.75) is 45.4 Å². The summed E-state index contributed by atoms with van der Waals surface area (Å²) in [5, 5.41) is 8.39. The molecule has 0 saturated carbocycles. The fourth-order valence-corrected chi connectivity index (χ4v) is 3.44. The Bertz CT molecular complexity index is 858. The van der Waals surface area contributed by atoms with E-state index in [0.717, 1.165) is 43.8 Å². The summed E-state index contributed by atoms with van der Waals surface area (Å²) in [6.07, 6.45) is 4.34. The number of aromatic nitrogens is 2. The fourth-order valence-electron chi connectivity index (χ4n) is 3.44. The van der Waals surface area contributed by atoms with Gasteiger partial charge in [-0.05, 0) is 24.0 Å². The van der Waals surface area contributed by atoms with Crippen LogP contribution in [0.2, 0.25) is 0 Å². The molecule has 0 unspecified atom stereocenters. The highest BCUT2D eigenvalue weighted by atomic mass is 16.6. The van der Waals surface area contributed by atoms with Crippen LogP contribution < -0.4 is 10.5 Å². The lowest BCUT2D eigenvalue weighted by molar-refractivity contribution is 0.0686. The molecule has 0 aliphatic carbocycles. The first-order valence-corrected chi connectivity index (χ1v) is 8.83. The summed E-state index contributed by atoms with van der Waals surface area (Å²) in [6.45, 7) is 4.22. The summed E-state index contributed by atoms with van der Waals surface area (Å²) in [6, 6.07) is 10.1. The van der Waals surface area contributed by atoms with E-state index in [2.05, 4.69) is 46.3 Å². The van der Waals surface area contributed by atoms with Crippen molar-refractivity contribution in [2.75, 3.05) is 11.4 Å². The molecule has 25 heavy (non-hydrogen) atoms. The van der Waals surface area contributed by atoms with Gasteiger partial charge in [-0.3, -0.25) is 4.79 Å². The van der Waals surface area contributed by atoms with Gasteiger partial charge in [0.25, 0.3) is 5.56 Å². The molecule has 0 fully saturated rings. The highest BCUT2D eigenvalue weighted by Gasteiger charge is 2.22. The molecule has 1 aromatic carbocycles. The zero-order valence-corrected chi connectivity index (χ0v) is 14.4. The SMILES string of the molecule is CCC1=NO[C@@H](Cn2ncc(N3CCc4ccccc4C3)cc2=O)C1. The van der Waals surface area contributed by atoms with Crippen LogP contribution in [0, 0.1) is 0 Å². The number of anilines is 1. The van der Waals surface area contributed by atoms with Gasteiger partial charge < -0.3 is 9.74 Å². The molecule has 2 aromatic rings. The van der Waals surface area contributed by atoms with E-state index in [-0.39, 0.29) is 11.7 Å². The summed E-state index contributed by atoms with van der Waals surface area (Å²) in [5.41, 5.74) is 4.55. The van der Waals surface area contributed by atoms with Crippen LogP contribution in [0.5, 0.6) is 0 Å². The van der Waals surface area contributed by atoms with Crippen molar-refractivity contribution in [3.8, 4) is 0 Å². The Balaban J connectivity index is 1.47. The van der Waals surface area contributed by atoms with E-state index >= 15 is 0 Å². The molecule has 0 spiro atoms. The van der Waals surface area contributed by atoms with Crippen molar-refractivity contribution < 1.29 is 4.84 Å². The summed E-state index contributed by atoms with van der Waals surface area (Å²) in [5.74, 6) is 0. The van der Waals surface area contributed by atoms with Gasteiger partial charge in [0.2, 0.25) is 0 Å². The molecule has 1 aromatic heterocycles. The average Bonchev–Trinajstić information content (AvgIpc) is 3.11. The van der Waals surface area contributed by atoms with Crippen LogP contribution in [-0.2, 0) is 24.3 Å². The van der Waals surface area contributed by atoms with E-state index < -0.39 is 0 Å². The molecule has 0 saturated heterocycles. The molecular formula is C19H22N4O2. The molecular weight excluding hydrogens is 316 g/mol. The van der Waals surface area contributed by atoms with Crippen LogP contribution in [0.25, 0.3) is 0 Å². The number of rotatable bonds is 4. The number of oxime groups is 1. The molecule has 2 aliphatic rings. The van der Waals surface area contributed by atoms with E-state index in [0.29, 0.717) is 6.54 Å². The monoisotopic (exact) mass is 338 g/mol. The Labute approximate surface area is 146 Å². The van der Waals surface area contributed by atoms with Crippen LogP contribution in [0.3, 0.4) is 0 Å². The Morgan fingerprint density at radius 3 is 2.88 bits per heavy atom. The highest BCUT2D eigenvalue weighted by Crippen LogP contribution is 2.23. The van der Waals surface area contributed by atoms with Crippen molar-refractivity contribution in [1.82, 2.24) is 9.78 Å². The molecule has 1 atom stereocenters. The van der Waals surface area contributed by atoms with Gasteiger partial charge in [-0.1, -0.05) is 36.3 Å². The second-order valence-corrected chi connectivity index (χ2v) is 6.62. The third-order valence-electron chi connectivity index (χ3n) is 4.93. The lowest BCUT2D eigenvalue weighted by Gasteiger charge is -2.30. The Hall–Kier alpha value is -2.63. The number of benzene rings is 1. The maximum atomic E-state index is 12.4. The minimum absolute atomic E-state index is 0.0899. The minimum atomic E-state index is -0.0927. The average molecular weight is 338 g/mol. The number of nitrogens with zero attached hydrogens (tertiary/aromatic N) is 4. The third-order valence-corrected chi connectivity index (χ3v) is 4.93. The van der Waals surface area contributed by atoms with E-state index in [1.807, 2.05) is 0 Å². The lowest BCUT2D eigenvalue weighted by atomic mass is 10.00. The smallest absolute Gasteiger partial charge is 0.268 e. The molecule has 6 heteroatoms. The van der Waals surface area contributed by atoms with E-state index in [4.69, 9.17) is 4.84 Å². The standard InChI is InChI=1S/C19H22N4O2/c1-2-16-9-18(25-21-16)13-23-19(24)10-17(11-20-23)22-8-7-14-5-3-4-6-15(14)12-22/h3-6,10-11,18H,2,7-9,12-13H2,1H3/t18-/m1/s1. The number of hydrogen-bond acceptors (Lipinski definition) is 5. The van der Waals surface area contributed by atoms with Crippen molar-refractivity contribution in [2.24, 2.45) is 5.16 Å². The van der Waals surface area contributed by atoms with Crippen molar-refractivity contribution >= 4 is 11.4 Å². The van der Waals surface area contributed by atoms with Gasteiger partial charge in [0, 0.05) is 25.6 Å². The minimum Gasteiger partial charge on any atom is -0.390 e. The topological polar surface area (TPSA) is 59.7 Å². The fraction of sp³-hybridized carbons (Fsp3) is 0.421. The van der Waals surface area contributed by atoms with Gasteiger partial charge in [-0.15, -0.1) is 0 Å². The summed E-state index contributed by atoms with van der Waals surface area (Å²) >= 11 is 0. The normalized spacial score (nSPS) is 19.3. The Morgan fingerprint density at radius 2 is 2.12 bits per heavy atom. The van der Waals surface area contributed by atoms with Gasteiger partial charge in [0.1, 0.15) is 0 Å². The van der Waals surface area contributed by atoms with Crippen LogP contribution in [0.4, 0.5) is 5.69 Å². The molecule has 3 heterocycles. The Morgan fingerprint density at radius 1 is 1.28 bits per heavy atom. The maximum Gasteiger partial charge on any atom is 0.268 e. The largest absolute Gasteiger partial charge is 0.390 e. The molecule has 0 amide bonds. The van der Waals surface area contributed by atoms with Gasteiger partial charge >= 0.3 is 0 Å². The molecule has 130 valence electrons. The zero-order valence-electron chi connectivity index (χ0n) is 14.4. The van der Waals surface area contributed by atoms with Crippen molar-refractivity contribution in [1.29, 1.82) is 0 Å². The predicted octanol–water partition coefficient (Wildman–Crippen LogP) is 2.36. The van der Waals surface area contributed by atoms with Crippen LogP contribution in [-0.4, -0.2) is 28.1 Å². The van der Waals surface area contributed by atoms with E-state index in [9.17, 15) is 4.79 Å². The van der Waals surface area contributed by atoms with E-state index in [1.54, 1.807) is 12.3 Å². The van der Waals surface area contributed by atoms with Crippen molar-refractivity contribution in [3.05, 3.63) is 58.0 Å². The molecule has 2 aliphatic heterocycles. The zero-order chi connectivity index (χ0) is 17.2. The van der Waals surface area contributed by atoms with Gasteiger partial charge in [0.05, 0.1) is 24.1 Å². The molecule has 0 bridgehead atoms. The predicted molar refractivity (Wildman–Crippen MR) is 96.9 cm³/mol. The maximum absolute atomic E-state index is 12.4. The molecule has 0 N–H and O–H groups in total. The quantitative estimate of drug-likeness (QED) is 0.859. The van der Waals surface area contributed by atoms with Crippen LogP contribution >= 0.6 is 0 Å². The number of hydrogen-bond donors (Lipinski definition) is 0. The summed E-state index contributed by atoms with van der Waals surface area (Å²) < 4.78 is 1.47.